The molecule has 0 fully saturated rings. The highest BCUT2D eigenvalue weighted by molar-refractivity contribution is 6.01. The third-order valence-electron chi connectivity index (χ3n) is 23.0. The van der Waals surface area contributed by atoms with Crippen molar-refractivity contribution < 1.29 is 67.4 Å². The van der Waals surface area contributed by atoms with E-state index in [9.17, 15) is 24.3 Å². The van der Waals surface area contributed by atoms with E-state index < -0.39 is 167 Å². The van der Waals surface area contributed by atoms with Crippen LogP contribution < -0.4 is 131 Å². The molecule has 752 valence electrons. The van der Waals surface area contributed by atoms with Gasteiger partial charge in [0.2, 0.25) is 76.8 Å². The molecule has 43 nitrogen and oxygen atoms in total. The van der Waals surface area contributed by atoms with Crippen LogP contribution in [0.4, 0.5) is 0 Å². The first-order valence-electron chi connectivity index (χ1n) is 47.2. The number of carbonyl (C=O) groups is 13. The van der Waals surface area contributed by atoms with Gasteiger partial charge in [-0.2, -0.15) is 0 Å². The summed E-state index contributed by atoms with van der Waals surface area (Å²) >= 11 is 0. The number of nitrogens with two attached hydrogens (primary N) is 7. The number of benzene rings is 4. The Hall–Kier alpha value is -13.7. The lowest BCUT2D eigenvalue weighted by atomic mass is 9.96. The molecule has 4 aromatic carbocycles. The summed E-state index contributed by atoms with van der Waals surface area (Å²) in [6.07, 6.45) is 2.33. The Morgan fingerprint density at radius 1 is 0.380 bits per heavy atom. The Balaban J connectivity index is 1.52. The number of phenolic OH excluding ortho intramolecular Hbond substituents is 1. The predicted octanol–water partition coefficient (Wildman–Crippen LogP) is -0.796. The van der Waals surface area contributed by atoms with E-state index in [1.54, 1.807) is 94.6 Å². The molecule has 13 amide bonds. The van der Waals surface area contributed by atoms with Crippen molar-refractivity contribution in [2.24, 2.45) is 57.9 Å². The molecule has 0 saturated heterocycles. The van der Waals surface area contributed by atoms with Crippen LogP contribution in [0, 0.1) is 39.4 Å². The van der Waals surface area contributed by atoms with E-state index in [1.807, 2.05) is 26.0 Å². The number of para-hydroxylation sites is 1. The fourth-order valence-corrected chi connectivity index (χ4v) is 15.7. The lowest BCUT2D eigenvalue weighted by Crippen LogP contribution is -2.61. The first-order chi connectivity index (χ1) is 65.4. The zero-order valence-corrected chi connectivity index (χ0v) is 79.5. The number of aromatic hydroxyl groups is 1. The molecule has 0 radical (unpaired) electrons. The molecule has 0 aliphatic carbocycles. The quantitative estimate of drug-likeness (QED) is 0.0132. The number of guanidine groups is 4. The largest absolute Gasteiger partial charge is 0.508 e. The van der Waals surface area contributed by atoms with Gasteiger partial charge < -0.3 is 141 Å². The number of phenols is 1. The molecule has 43 heteroatoms. The molecule has 1 aliphatic heterocycles. The zero-order chi connectivity index (χ0) is 101. The molecule has 137 heavy (non-hydrogen) atoms. The van der Waals surface area contributed by atoms with Crippen molar-refractivity contribution in [1.29, 1.82) is 21.6 Å². The Morgan fingerprint density at radius 3 is 1.13 bits per heavy atom. The average Bonchev–Trinajstić information content (AvgIpc) is 1.74. The van der Waals surface area contributed by atoms with Crippen LogP contribution in [0.5, 0.6) is 5.75 Å². The molecule has 1 aliphatic rings. The minimum absolute atomic E-state index is 0.00115. The van der Waals surface area contributed by atoms with Gasteiger partial charge in [0, 0.05) is 62.7 Å². The van der Waals surface area contributed by atoms with Crippen molar-refractivity contribution in [3.8, 4) is 16.9 Å². The highest BCUT2D eigenvalue weighted by atomic mass is 16.3. The van der Waals surface area contributed by atoms with Crippen LogP contribution in [0.3, 0.4) is 0 Å². The first kappa shape index (κ1) is 112. The van der Waals surface area contributed by atoms with Crippen molar-refractivity contribution in [2.45, 2.75) is 262 Å². The van der Waals surface area contributed by atoms with E-state index in [-0.39, 0.29) is 204 Å². The summed E-state index contributed by atoms with van der Waals surface area (Å²) in [4.78, 5) is 200. The van der Waals surface area contributed by atoms with Crippen LogP contribution in [-0.2, 0) is 88.1 Å². The first-order valence-corrected chi connectivity index (χ1v) is 47.2. The summed E-state index contributed by atoms with van der Waals surface area (Å²) in [6.45, 7) is 11.3. The molecule has 1 aromatic heterocycles. The van der Waals surface area contributed by atoms with Crippen LogP contribution in [0.1, 0.15) is 186 Å². The number of amides is 13. The lowest BCUT2D eigenvalue weighted by molar-refractivity contribution is -0.136. The van der Waals surface area contributed by atoms with Gasteiger partial charge in [0.1, 0.15) is 78.3 Å². The van der Waals surface area contributed by atoms with E-state index >= 15 is 43.2 Å². The molecule has 0 unspecified atom stereocenters. The third-order valence-corrected chi connectivity index (χ3v) is 23.0. The molecule has 12 atom stereocenters. The van der Waals surface area contributed by atoms with Gasteiger partial charge in [0.05, 0.1) is 6.42 Å². The maximum Gasteiger partial charge on any atom is 0.243 e. The fourth-order valence-electron chi connectivity index (χ4n) is 15.7. The minimum Gasteiger partial charge on any atom is -0.508 e. The van der Waals surface area contributed by atoms with Gasteiger partial charge in [-0.05, 0) is 211 Å². The summed E-state index contributed by atoms with van der Waals surface area (Å²) in [7, 11) is 0. The summed E-state index contributed by atoms with van der Waals surface area (Å²) in [6, 6.07) is 9.85. The van der Waals surface area contributed by atoms with Gasteiger partial charge >= 0.3 is 0 Å². The number of fused-ring (bicyclic) bond motifs is 5. The summed E-state index contributed by atoms with van der Waals surface area (Å²) in [5, 5.41) is 90.1. The van der Waals surface area contributed by atoms with Crippen molar-refractivity contribution >= 4 is 112 Å². The van der Waals surface area contributed by atoms with Crippen molar-refractivity contribution in [1.82, 2.24) is 95.4 Å². The van der Waals surface area contributed by atoms with E-state index in [0.29, 0.717) is 63.5 Å². The number of hydrogen-bond acceptors (Lipinski definition) is 21. The monoisotopic (exact) mass is 1910 g/mol. The Labute approximate surface area is 800 Å². The second kappa shape index (κ2) is 59.2. The van der Waals surface area contributed by atoms with Crippen LogP contribution in [0.25, 0.3) is 22.0 Å². The third kappa shape index (κ3) is 40.4. The number of unbranched alkanes of at least 4 members (excludes halogenated alkanes) is 3. The van der Waals surface area contributed by atoms with Crippen LogP contribution in [-0.4, -0.2) is 229 Å². The molecule has 5 aromatic rings. The lowest BCUT2D eigenvalue weighted by Gasteiger charge is -2.29. The van der Waals surface area contributed by atoms with Crippen molar-refractivity contribution in [3.63, 3.8) is 0 Å². The second-order valence-electron chi connectivity index (χ2n) is 35.7. The highest BCUT2D eigenvalue weighted by Crippen LogP contribution is 2.27. The van der Waals surface area contributed by atoms with Gasteiger partial charge in [0.25, 0.3) is 0 Å². The number of aromatic amines is 1. The predicted molar refractivity (Wildman–Crippen MR) is 523 cm³/mol. The molecular formula is C94H147N29O14. The molecule has 37 N–H and O–H groups in total. The number of aromatic nitrogens is 1. The van der Waals surface area contributed by atoms with Crippen LogP contribution in [0.15, 0.2) is 103 Å². The average molecular weight is 1910 g/mol. The van der Waals surface area contributed by atoms with Gasteiger partial charge in [0.15, 0.2) is 23.8 Å². The molecule has 0 spiro atoms. The summed E-state index contributed by atoms with van der Waals surface area (Å²) < 4.78 is 0. The number of hydrogen-bond donors (Lipinski definition) is 30. The van der Waals surface area contributed by atoms with E-state index in [1.165, 1.54) is 24.3 Å². The molecule has 6 rings (SSSR count). The standard InChI is InChI=1S/C94H147N29O14/c1-54(2)46-73-86(133)118-71(33-20-44-108-93(102)103)83(130)120-74(47-55(3)4)87(134)116-67(29-12-15-40-96)80(127)113-66(28-11-14-39-95)79(126)114-69(31-18-42-106-91(98)99)81(128)115-70(32-19-43-107-92(100)101)84(131)122-76(51-61-53-110-65-27-10-9-26-64(61)65)89(136)117-68(30-13-16-41-97)82(129)121-75(49-57-35-37-62(124)38-36-57)88(135)119-72(34-21-45-109-94(104)105)85(132)123-78(56(5)6)90(137)111-52-60-23-7-8-25-63(60)59-24-17-22-58(48-59)50-77(125)112-73/h7-10,17,22-27,35-38,48,53-56,66-76,78,110,124H,11-16,18-21,28-34,39-47,49-52,95-97H2,1-6H3,(H,111,137)(H,112,125)(H,113,127)(H,114,126)(H,115,128)(H,116,134)(H,117,136)(H,118,133)(H,119,135)(H,120,130)(H,121,129)(H,122,131)(H,123,132)(H4,98,99,106)(H4,100,101,107)(H4,102,103,108)(H4,104,105,109)/t66-,67-,68-,69-,70-,71-,72-,73-,74-,75-,76-,78-/m0/s1. The minimum atomic E-state index is -1.60. The number of nitrogens with one attached hydrogen (secondary N) is 22. The molecule has 2 bridgehead atoms. The fraction of sp³-hybridized carbons (Fsp3) is 0.543. The smallest absolute Gasteiger partial charge is 0.243 e. The van der Waals surface area contributed by atoms with Gasteiger partial charge in [-0.1, -0.05) is 120 Å². The Kier molecular flexibility index (Phi) is 48.4. The maximum atomic E-state index is 15.6. The molecule has 0 saturated carbocycles. The van der Waals surface area contributed by atoms with Crippen LogP contribution in [0.2, 0.25) is 0 Å². The Morgan fingerprint density at radius 2 is 0.730 bits per heavy atom. The van der Waals surface area contributed by atoms with Crippen molar-refractivity contribution in [2.75, 3.05) is 45.8 Å². The van der Waals surface area contributed by atoms with Gasteiger partial charge in [-0.3, -0.25) is 84.0 Å². The maximum absolute atomic E-state index is 15.6. The summed E-state index contributed by atoms with van der Waals surface area (Å²) in [5.41, 5.74) is 44.8. The van der Waals surface area contributed by atoms with E-state index in [4.69, 9.17) is 61.8 Å². The molecular weight excluding hydrogens is 1760 g/mol. The number of H-pyrrole nitrogens is 1. The molecule has 2 heterocycles. The highest BCUT2D eigenvalue weighted by Gasteiger charge is 2.39. The normalized spacial score (nSPS) is 21.3. The summed E-state index contributed by atoms with van der Waals surface area (Å²) in [5.74, 6) is -13.5. The van der Waals surface area contributed by atoms with Gasteiger partial charge in [-0.15, -0.1) is 0 Å². The zero-order valence-electron chi connectivity index (χ0n) is 79.5. The van der Waals surface area contributed by atoms with E-state index in [0.717, 1.165) is 0 Å². The number of carbonyl (C=O) groups excluding carboxylic acids is 13. The van der Waals surface area contributed by atoms with Crippen LogP contribution >= 0.6 is 0 Å². The number of rotatable bonds is 37. The van der Waals surface area contributed by atoms with Gasteiger partial charge in [-0.25, -0.2) is 0 Å². The van der Waals surface area contributed by atoms with E-state index in [2.05, 4.69) is 95.4 Å². The SMILES string of the molecule is CC(C)C[C@@H]1NC(=O)Cc2cccc(c2)-c2ccccc2CNC(=O)[C@H](C(C)C)NC(=O)[C@H](CCCNC(=N)N)NC(=O)[C@H](Cc2ccc(O)cc2)NC(=O)[C@H](CCCCN)NC(=O)[C@H](Cc2c[nH]c3ccccc23)NC(=O)[C@H](CCCNC(=N)N)NC(=O)[C@H](CCCNC(=N)N)NC(=O)[C@H](CCCCN)NC(=O)[C@H](CCCCN)NC(=O)[C@H](CC(C)C)NC(=O)[C@H](CCCNC(=N)N)NC1=O. The van der Waals surface area contributed by atoms with Crippen molar-refractivity contribution in [3.05, 3.63) is 126 Å². The second-order valence-corrected chi connectivity index (χ2v) is 35.7. The Bertz CT molecular complexity index is 4840. The topological polar surface area (TPSA) is 740 Å².